The molecular formula is C19H23N3O4S. The van der Waals surface area contributed by atoms with Crippen LogP contribution in [-0.4, -0.2) is 54.6 Å². The summed E-state index contributed by atoms with van der Waals surface area (Å²) >= 11 is 1.36. The molecule has 2 aromatic rings. The van der Waals surface area contributed by atoms with Crippen molar-refractivity contribution in [2.45, 2.75) is 13.8 Å². The Morgan fingerprint density at radius 1 is 1.30 bits per heavy atom. The van der Waals surface area contributed by atoms with Gasteiger partial charge in [0, 0.05) is 30.0 Å². The van der Waals surface area contributed by atoms with Crippen molar-refractivity contribution in [3.8, 4) is 17.0 Å². The molecular weight excluding hydrogens is 366 g/mol. The Morgan fingerprint density at radius 2 is 2.04 bits per heavy atom. The summed E-state index contributed by atoms with van der Waals surface area (Å²) in [6, 6.07) is 7.44. The fourth-order valence-corrected chi connectivity index (χ4v) is 3.27. The molecule has 1 N–H and O–H groups in total. The van der Waals surface area contributed by atoms with Gasteiger partial charge in [0.1, 0.15) is 5.75 Å². The largest absolute Gasteiger partial charge is 0.483 e. The molecule has 8 heteroatoms. The predicted octanol–water partition coefficient (Wildman–Crippen LogP) is 2.64. The summed E-state index contributed by atoms with van der Waals surface area (Å²) in [5.41, 5.74) is 1.49. The van der Waals surface area contributed by atoms with Crippen molar-refractivity contribution in [1.82, 2.24) is 9.88 Å². The zero-order chi connectivity index (χ0) is 19.2. The summed E-state index contributed by atoms with van der Waals surface area (Å²) in [5.74, 6) is 0.345. The van der Waals surface area contributed by atoms with Crippen LogP contribution in [0, 0.1) is 5.92 Å². The monoisotopic (exact) mass is 389 g/mol. The van der Waals surface area contributed by atoms with E-state index < -0.39 is 0 Å². The van der Waals surface area contributed by atoms with Gasteiger partial charge >= 0.3 is 0 Å². The van der Waals surface area contributed by atoms with E-state index in [1.54, 1.807) is 4.90 Å². The van der Waals surface area contributed by atoms with E-state index in [-0.39, 0.29) is 24.3 Å². The molecule has 3 rings (SSSR count). The van der Waals surface area contributed by atoms with Crippen LogP contribution in [-0.2, 0) is 14.3 Å². The molecule has 0 bridgehead atoms. The van der Waals surface area contributed by atoms with Gasteiger partial charge in [0.05, 0.1) is 18.9 Å². The van der Waals surface area contributed by atoms with Crippen molar-refractivity contribution >= 4 is 28.3 Å². The van der Waals surface area contributed by atoms with Crippen LogP contribution < -0.4 is 10.1 Å². The maximum Gasteiger partial charge on any atom is 0.260 e. The van der Waals surface area contributed by atoms with Crippen LogP contribution in [0.3, 0.4) is 0 Å². The highest BCUT2D eigenvalue weighted by atomic mass is 32.1. The average Bonchev–Trinajstić information content (AvgIpc) is 3.15. The molecule has 0 unspecified atom stereocenters. The van der Waals surface area contributed by atoms with Gasteiger partial charge in [-0.1, -0.05) is 26.0 Å². The lowest BCUT2D eigenvalue weighted by atomic mass is 10.1. The number of benzene rings is 1. The Kier molecular flexibility index (Phi) is 6.41. The van der Waals surface area contributed by atoms with Crippen molar-refractivity contribution < 1.29 is 19.1 Å². The summed E-state index contributed by atoms with van der Waals surface area (Å²) in [6.07, 6.45) is 0. The highest BCUT2D eigenvalue weighted by Crippen LogP contribution is 2.32. The molecule has 27 heavy (non-hydrogen) atoms. The summed E-state index contributed by atoms with van der Waals surface area (Å²) < 4.78 is 11.0. The van der Waals surface area contributed by atoms with Gasteiger partial charge in [-0.3, -0.25) is 9.59 Å². The highest BCUT2D eigenvalue weighted by Gasteiger charge is 2.18. The number of para-hydroxylation sites is 1. The first-order chi connectivity index (χ1) is 13.0. The van der Waals surface area contributed by atoms with Gasteiger partial charge in [0.25, 0.3) is 5.91 Å². The van der Waals surface area contributed by atoms with Crippen LogP contribution in [0.2, 0.25) is 0 Å². The summed E-state index contributed by atoms with van der Waals surface area (Å²) in [4.78, 5) is 30.3. The highest BCUT2D eigenvalue weighted by molar-refractivity contribution is 7.14. The van der Waals surface area contributed by atoms with E-state index in [4.69, 9.17) is 9.47 Å². The molecule has 1 aromatic carbocycles. The molecule has 2 heterocycles. The van der Waals surface area contributed by atoms with E-state index in [9.17, 15) is 9.59 Å². The number of rotatable bonds is 6. The van der Waals surface area contributed by atoms with Crippen molar-refractivity contribution in [1.29, 1.82) is 0 Å². The Hall–Kier alpha value is -2.45. The molecule has 0 radical (unpaired) electrons. The maximum absolute atomic E-state index is 12.3. The number of hydrogen-bond acceptors (Lipinski definition) is 6. The Labute approximate surface area is 162 Å². The number of carbonyl (C=O) groups is 2. The van der Waals surface area contributed by atoms with Crippen LogP contribution >= 0.6 is 11.3 Å². The van der Waals surface area contributed by atoms with E-state index in [1.165, 1.54) is 11.3 Å². The van der Waals surface area contributed by atoms with E-state index in [0.717, 1.165) is 5.56 Å². The summed E-state index contributed by atoms with van der Waals surface area (Å²) in [6.45, 7) is 5.94. The first kappa shape index (κ1) is 19.3. The first-order valence-electron chi connectivity index (χ1n) is 8.88. The molecule has 1 aliphatic heterocycles. The number of nitrogens with zero attached hydrogens (tertiary/aromatic N) is 2. The Bertz CT molecular complexity index is 800. The molecule has 1 aliphatic rings. The van der Waals surface area contributed by atoms with Crippen molar-refractivity contribution in [2.75, 3.05) is 38.2 Å². The average molecular weight is 389 g/mol. The third-order valence-electron chi connectivity index (χ3n) is 4.14. The smallest absolute Gasteiger partial charge is 0.260 e. The molecule has 1 aromatic heterocycles. The predicted molar refractivity (Wildman–Crippen MR) is 104 cm³/mol. The number of anilines is 1. The van der Waals surface area contributed by atoms with Crippen molar-refractivity contribution in [2.24, 2.45) is 5.92 Å². The van der Waals surface area contributed by atoms with Crippen LogP contribution in [0.25, 0.3) is 11.3 Å². The van der Waals surface area contributed by atoms with Crippen LogP contribution in [0.1, 0.15) is 13.8 Å². The quantitative estimate of drug-likeness (QED) is 0.821. The number of thiazole rings is 1. The molecule has 0 spiro atoms. The van der Waals surface area contributed by atoms with Crippen LogP contribution in [0.5, 0.6) is 5.75 Å². The molecule has 7 nitrogen and oxygen atoms in total. The number of nitrogens with one attached hydrogen (secondary N) is 1. The lowest BCUT2D eigenvalue weighted by Crippen LogP contribution is -2.43. The first-order valence-corrected chi connectivity index (χ1v) is 9.76. The minimum atomic E-state index is -0.112. The Balaban J connectivity index is 1.68. The zero-order valence-corrected chi connectivity index (χ0v) is 16.3. The number of aromatic nitrogens is 1. The SMILES string of the molecule is CC(C)C(=O)Nc1nc(-c2ccccc2OCC(=O)N2CCOCC2)cs1. The normalized spacial score (nSPS) is 14.3. The summed E-state index contributed by atoms with van der Waals surface area (Å²) in [5, 5.41) is 5.21. The van der Waals surface area contributed by atoms with Gasteiger partial charge in [-0.2, -0.15) is 0 Å². The molecule has 0 saturated carbocycles. The molecule has 0 atom stereocenters. The molecule has 144 valence electrons. The zero-order valence-electron chi connectivity index (χ0n) is 15.4. The molecule has 2 amide bonds. The third-order valence-corrected chi connectivity index (χ3v) is 4.89. The molecule has 0 aliphatic carbocycles. The number of amides is 2. The maximum atomic E-state index is 12.3. The van der Waals surface area contributed by atoms with Crippen LogP contribution in [0.15, 0.2) is 29.6 Å². The van der Waals surface area contributed by atoms with E-state index in [1.807, 2.05) is 43.5 Å². The second-order valence-electron chi connectivity index (χ2n) is 6.46. The second-order valence-corrected chi connectivity index (χ2v) is 7.32. The fourth-order valence-electron chi connectivity index (χ4n) is 2.55. The second kappa shape index (κ2) is 8.96. The lowest BCUT2D eigenvalue weighted by Gasteiger charge is -2.26. The lowest BCUT2D eigenvalue weighted by molar-refractivity contribution is -0.137. The van der Waals surface area contributed by atoms with Gasteiger partial charge in [0.15, 0.2) is 11.7 Å². The molecule has 1 saturated heterocycles. The topological polar surface area (TPSA) is 80.8 Å². The number of hydrogen-bond donors (Lipinski definition) is 1. The van der Waals surface area contributed by atoms with Gasteiger partial charge < -0.3 is 19.7 Å². The minimum absolute atomic E-state index is 0.0297. The summed E-state index contributed by atoms with van der Waals surface area (Å²) in [7, 11) is 0. The van der Waals surface area contributed by atoms with Gasteiger partial charge in [-0.25, -0.2) is 4.98 Å². The van der Waals surface area contributed by atoms with E-state index >= 15 is 0 Å². The van der Waals surface area contributed by atoms with E-state index in [0.29, 0.717) is 42.9 Å². The van der Waals surface area contributed by atoms with Crippen molar-refractivity contribution in [3.63, 3.8) is 0 Å². The van der Waals surface area contributed by atoms with E-state index in [2.05, 4.69) is 10.3 Å². The van der Waals surface area contributed by atoms with Crippen molar-refractivity contribution in [3.05, 3.63) is 29.6 Å². The van der Waals surface area contributed by atoms with Gasteiger partial charge in [-0.05, 0) is 12.1 Å². The Morgan fingerprint density at radius 3 is 2.78 bits per heavy atom. The number of morpholine rings is 1. The molecule has 1 fully saturated rings. The van der Waals surface area contributed by atoms with Gasteiger partial charge in [0.2, 0.25) is 5.91 Å². The van der Waals surface area contributed by atoms with Crippen LogP contribution in [0.4, 0.5) is 5.13 Å². The third kappa shape index (κ3) is 5.05. The number of carbonyl (C=O) groups excluding carboxylic acids is 2. The van der Waals surface area contributed by atoms with Gasteiger partial charge in [-0.15, -0.1) is 11.3 Å². The number of ether oxygens (including phenoxy) is 2. The fraction of sp³-hybridized carbons (Fsp3) is 0.421. The minimum Gasteiger partial charge on any atom is -0.483 e. The standard InChI is InChI=1S/C19H23N3O4S/c1-13(2)18(24)21-19-20-15(12-27-19)14-5-3-4-6-16(14)26-11-17(23)22-7-9-25-10-8-22/h3-6,12-13H,7-11H2,1-2H3,(H,20,21,24).